The third-order valence-electron chi connectivity index (χ3n) is 5.53. The molecule has 1 N–H and O–H groups in total. The highest BCUT2D eigenvalue weighted by Crippen LogP contribution is 2.36. The van der Waals surface area contributed by atoms with Gasteiger partial charge in [0.05, 0.1) is 5.69 Å². The van der Waals surface area contributed by atoms with E-state index >= 15 is 0 Å². The average molecular weight is 492 g/mol. The van der Waals surface area contributed by atoms with Crippen LogP contribution in [0, 0.1) is 6.92 Å². The van der Waals surface area contributed by atoms with Gasteiger partial charge in [-0.15, -0.1) is 13.2 Å². The van der Waals surface area contributed by atoms with Crippen LogP contribution in [0.5, 0.6) is 5.75 Å². The van der Waals surface area contributed by atoms with Crippen LogP contribution in [0.25, 0.3) is 22.4 Å². The van der Waals surface area contributed by atoms with Crippen LogP contribution in [0.4, 0.5) is 13.2 Å². The number of carbonyl (C=O) groups excluding carboxylic acids is 1. The van der Waals surface area contributed by atoms with Crippen molar-refractivity contribution in [2.75, 3.05) is 0 Å². The Labute approximate surface area is 207 Å². The Bertz CT molecular complexity index is 1350. The maximum Gasteiger partial charge on any atom is 0.573 e. The zero-order valence-corrected chi connectivity index (χ0v) is 19.8. The van der Waals surface area contributed by atoms with E-state index in [4.69, 9.17) is 0 Å². The van der Waals surface area contributed by atoms with Gasteiger partial charge in [0.2, 0.25) is 0 Å². The number of carbonyl (C=O) groups is 1. The third kappa shape index (κ3) is 6.27. The van der Waals surface area contributed by atoms with Crippen molar-refractivity contribution < 1.29 is 22.7 Å². The first-order chi connectivity index (χ1) is 17.2. The number of alkyl halides is 3. The van der Waals surface area contributed by atoms with Crippen molar-refractivity contribution in [3.8, 4) is 28.1 Å². The summed E-state index contributed by atoms with van der Waals surface area (Å²) in [6.07, 6.45) is -0.639. The lowest BCUT2D eigenvalue weighted by molar-refractivity contribution is -0.274. The molecule has 36 heavy (non-hydrogen) atoms. The van der Waals surface area contributed by atoms with Crippen LogP contribution in [0.3, 0.4) is 0 Å². The van der Waals surface area contributed by atoms with Gasteiger partial charge in [0.25, 0.3) is 5.91 Å². The predicted molar refractivity (Wildman–Crippen MR) is 131 cm³/mol. The molecule has 0 aliphatic heterocycles. The highest BCUT2D eigenvalue weighted by Gasteiger charge is 2.32. The molecule has 184 valence electrons. The average Bonchev–Trinajstić information content (AvgIpc) is 2.87. The first-order valence-corrected chi connectivity index (χ1v) is 11.4. The molecule has 4 aromatic rings. The van der Waals surface area contributed by atoms with Gasteiger partial charge in [0.1, 0.15) is 5.75 Å². The Morgan fingerprint density at radius 3 is 2.39 bits per heavy atom. The Balaban J connectivity index is 1.71. The van der Waals surface area contributed by atoms with Gasteiger partial charge in [-0.3, -0.25) is 14.8 Å². The Morgan fingerprint density at radius 2 is 1.72 bits per heavy atom. The van der Waals surface area contributed by atoms with E-state index in [-0.39, 0.29) is 29.3 Å². The van der Waals surface area contributed by atoms with Crippen LogP contribution >= 0.6 is 0 Å². The lowest BCUT2D eigenvalue weighted by Crippen LogP contribution is -2.23. The maximum atomic E-state index is 13.1. The van der Waals surface area contributed by atoms with Crippen molar-refractivity contribution >= 4 is 5.91 Å². The summed E-state index contributed by atoms with van der Waals surface area (Å²) in [6, 6.07) is 18.2. The molecule has 2 heterocycles. The molecule has 0 saturated heterocycles. The standard InChI is InChI=1S/C28H24F3N3O2/c1-3-23-10-9-19(16-32-23)17-34-27(35)22-13-20(12-21(14-22)25-11-8-18(2)15-33-25)24-6-4-5-7-26(24)36-28(29,30)31/h4-16H,3,17H2,1-2H3,(H,34,35). The molecule has 4 rings (SSSR count). The number of ether oxygens (including phenoxy) is 1. The number of nitrogens with one attached hydrogen (secondary N) is 1. The van der Waals surface area contributed by atoms with Gasteiger partial charge in [0, 0.05) is 41.3 Å². The van der Waals surface area contributed by atoms with Crippen LogP contribution in [0.2, 0.25) is 0 Å². The first-order valence-electron chi connectivity index (χ1n) is 11.4. The van der Waals surface area contributed by atoms with E-state index in [1.54, 1.807) is 42.7 Å². The molecule has 1 amide bonds. The van der Waals surface area contributed by atoms with Crippen molar-refractivity contribution in [1.82, 2.24) is 15.3 Å². The molecule has 0 spiro atoms. The number of amides is 1. The van der Waals surface area contributed by atoms with Crippen molar-refractivity contribution in [3.05, 3.63) is 102 Å². The number of nitrogens with zero attached hydrogens (tertiary/aromatic N) is 2. The summed E-state index contributed by atoms with van der Waals surface area (Å²) in [5.74, 6) is -0.730. The number of hydrogen-bond donors (Lipinski definition) is 1. The fraction of sp³-hybridized carbons (Fsp3) is 0.179. The number of benzene rings is 2. The van der Waals surface area contributed by atoms with E-state index in [9.17, 15) is 18.0 Å². The lowest BCUT2D eigenvalue weighted by atomic mass is 9.97. The zero-order valence-electron chi connectivity index (χ0n) is 19.8. The van der Waals surface area contributed by atoms with E-state index < -0.39 is 6.36 Å². The summed E-state index contributed by atoms with van der Waals surface area (Å²) in [5, 5.41) is 2.86. The van der Waals surface area contributed by atoms with Gasteiger partial charge >= 0.3 is 6.36 Å². The van der Waals surface area contributed by atoms with Crippen LogP contribution < -0.4 is 10.1 Å². The number of halogens is 3. The summed E-state index contributed by atoms with van der Waals surface area (Å²) in [4.78, 5) is 21.9. The Morgan fingerprint density at radius 1 is 0.944 bits per heavy atom. The van der Waals surface area contributed by atoms with Gasteiger partial charge in [-0.1, -0.05) is 37.3 Å². The summed E-state index contributed by atoms with van der Waals surface area (Å²) >= 11 is 0. The number of para-hydroxylation sites is 1. The van der Waals surface area contributed by atoms with E-state index in [1.807, 2.05) is 32.0 Å². The monoisotopic (exact) mass is 491 g/mol. The largest absolute Gasteiger partial charge is 0.573 e. The highest BCUT2D eigenvalue weighted by atomic mass is 19.4. The van der Waals surface area contributed by atoms with Crippen LogP contribution in [0.1, 0.15) is 34.1 Å². The molecule has 0 saturated carbocycles. The van der Waals surface area contributed by atoms with Crippen molar-refractivity contribution in [3.63, 3.8) is 0 Å². The summed E-state index contributed by atoms with van der Waals surface area (Å²) in [6.45, 7) is 4.17. The van der Waals surface area contributed by atoms with E-state index in [1.165, 1.54) is 18.2 Å². The normalized spacial score (nSPS) is 11.2. The molecular weight excluding hydrogens is 467 g/mol. The molecule has 2 aromatic carbocycles. The fourth-order valence-electron chi connectivity index (χ4n) is 3.67. The lowest BCUT2D eigenvalue weighted by Gasteiger charge is -2.15. The quantitative estimate of drug-likeness (QED) is 0.320. The second-order valence-electron chi connectivity index (χ2n) is 8.26. The molecule has 0 aliphatic carbocycles. The molecule has 0 aliphatic rings. The second-order valence-corrected chi connectivity index (χ2v) is 8.26. The van der Waals surface area contributed by atoms with Gasteiger partial charge < -0.3 is 10.1 Å². The predicted octanol–water partition coefficient (Wildman–Crippen LogP) is 6.51. The minimum Gasteiger partial charge on any atom is -0.405 e. The molecule has 8 heteroatoms. The van der Waals surface area contributed by atoms with Crippen molar-refractivity contribution in [1.29, 1.82) is 0 Å². The smallest absolute Gasteiger partial charge is 0.405 e. The van der Waals surface area contributed by atoms with Crippen LogP contribution in [-0.2, 0) is 13.0 Å². The number of hydrogen-bond acceptors (Lipinski definition) is 4. The minimum absolute atomic E-state index is 0.206. The molecule has 0 atom stereocenters. The second kappa shape index (κ2) is 10.6. The minimum atomic E-state index is -4.85. The van der Waals surface area contributed by atoms with E-state index in [2.05, 4.69) is 20.0 Å². The zero-order chi connectivity index (χ0) is 25.7. The summed E-state index contributed by atoms with van der Waals surface area (Å²) < 4.78 is 43.4. The van der Waals surface area contributed by atoms with Gasteiger partial charge in [0.15, 0.2) is 0 Å². The molecule has 5 nitrogen and oxygen atoms in total. The van der Waals surface area contributed by atoms with Gasteiger partial charge in [-0.05, 0) is 66.4 Å². The molecule has 0 radical (unpaired) electrons. The van der Waals surface area contributed by atoms with E-state index in [0.29, 0.717) is 16.8 Å². The number of rotatable bonds is 7. The van der Waals surface area contributed by atoms with Crippen LogP contribution in [0.15, 0.2) is 79.1 Å². The Kier molecular flexibility index (Phi) is 7.33. The molecule has 0 fully saturated rings. The van der Waals surface area contributed by atoms with Gasteiger partial charge in [-0.2, -0.15) is 0 Å². The molecule has 0 unspecified atom stereocenters. The first kappa shape index (κ1) is 24.9. The SMILES string of the molecule is CCc1ccc(CNC(=O)c2cc(-c3ccc(C)cn3)cc(-c3ccccc3OC(F)(F)F)c2)cn1. The number of aryl methyl sites for hydroxylation is 2. The topological polar surface area (TPSA) is 64.1 Å². The maximum absolute atomic E-state index is 13.1. The third-order valence-corrected chi connectivity index (χ3v) is 5.53. The number of pyridine rings is 2. The van der Waals surface area contributed by atoms with Crippen molar-refractivity contribution in [2.45, 2.75) is 33.2 Å². The van der Waals surface area contributed by atoms with Gasteiger partial charge in [-0.25, -0.2) is 0 Å². The number of aromatic nitrogens is 2. The van der Waals surface area contributed by atoms with E-state index in [0.717, 1.165) is 23.2 Å². The molecule has 0 bridgehead atoms. The molecular formula is C28H24F3N3O2. The fourth-order valence-corrected chi connectivity index (χ4v) is 3.67. The highest BCUT2D eigenvalue weighted by molar-refractivity contribution is 5.97. The summed E-state index contributed by atoms with van der Waals surface area (Å²) in [5.41, 5.74) is 4.81. The Hall–Kier alpha value is -4.20. The molecule has 2 aromatic heterocycles. The summed E-state index contributed by atoms with van der Waals surface area (Å²) in [7, 11) is 0. The van der Waals surface area contributed by atoms with Crippen molar-refractivity contribution in [2.24, 2.45) is 0 Å². The van der Waals surface area contributed by atoms with Crippen LogP contribution in [-0.4, -0.2) is 22.2 Å².